The normalized spacial score (nSPS) is 22.8. The molecule has 3 nitrogen and oxygen atoms in total. The summed E-state index contributed by atoms with van der Waals surface area (Å²) in [6.45, 7) is 3.59. The molecule has 0 aromatic carbocycles. The van der Waals surface area contributed by atoms with Crippen LogP contribution < -0.4 is 0 Å². The predicted molar refractivity (Wildman–Crippen MR) is 51.3 cm³/mol. The van der Waals surface area contributed by atoms with E-state index in [-0.39, 0.29) is 18.4 Å². The summed E-state index contributed by atoms with van der Waals surface area (Å²) in [7, 11) is 0. The van der Waals surface area contributed by atoms with Crippen molar-refractivity contribution in [3.05, 3.63) is 0 Å². The Morgan fingerprint density at radius 1 is 1.62 bits per heavy atom. The molecule has 1 saturated heterocycles. The summed E-state index contributed by atoms with van der Waals surface area (Å²) in [5, 5.41) is 8.71. The van der Waals surface area contributed by atoms with Crippen LogP contribution in [0.4, 0.5) is 0 Å². The number of rotatable bonds is 5. The molecule has 0 bridgehead atoms. The Bertz CT molecular complexity index is 170. The van der Waals surface area contributed by atoms with Crippen molar-refractivity contribution < 1.29 is 9.90 Å². The lowest BCUT2D eigenvalue weighted by Crippen LogP contribution is -2.30. The third-order valence-corrected chi connectivity index (χ3v) is 2.68. The van der Waals surface area contributed by atoms with Crippen molar-refractivity contribution in [3.63, 3.8) is 0 Å². The number of aliphatic hydroxyl groups is 1. The van der Waals surface area contributed by atoms with E-state index in [0.717, 1.165) is 32.2 Å². The number of carbonyl (C=O) groups excluding carboxylic acids is 1. The Balaban J connectivity index is 2.32. The van der Waals surface area contributed by atoms with E-state index in [0.29, 0.717) is 6.54 Å². The second kappa shape index (κ2) is 5.22. The highest BCUT2D eigenvalue weighted by Gasteiger charge is 2.29. The van der Waals surface area contributed by atoms with Gasteiger partial charge in [0.2, 0.25) is 5.91 Å². The molecule has 1 rings (SSSR count). The second-order valence-corrected chi connectivity index (χ2v) is 3.68. The van der Waals surface area contributed by atoms with Gasteiger partial charge in [0, 0.05) is 19.0 Å². The van der Waals surface area contributed by atoms with E-state index in [2.05, 4.69) is 6.92 Å². The van der Waals surface area contributed by atoms with Gasteiger partial charge < -0.3 is 10.0 Å². The fourth-order valence-corrected chi connectivity index (χ4v) is 1.86. The zero-order valence-corrected chi connectivity index (χ0v) is 8.33. The molecule has 0 saturated carbocycles. The van der Waals surface area contributed by atoms with Crippen LogP contribution in [0, 0.1) is 5.92 Å². The highest BCUT2D eigenvalue weighted by Crippen LogP contribution is 2.22. The molecule has 1 heterocycles. The third-order valence-electron chi connectivity index (χ3n) is 2.68. The first-order chi connectivity index (χ1) is 6.29. The minimum Gasteiger partial charge on any atom is -0.395 e. The molecule has 1 unspecified atom stereocenters. The van der Waals surface area contributed by atoms with Crippen molar-refractivity contribution in [3.8, 4) is 0 Å². The molecular weight excluding hydrogens is 166 g/mol. The van der Waals surface area contributed by atoms with Gasteiger partial charge in [-0.15, -0.1) is 0 Å². The largest absolute Gasteiger partial charge is 0.395 e. The quantitative estimate of drug-likeness (QED) is 0.694. The van der Waals surface area contributed by atoms with Crippen LogP contribution in [0.15, 0.2) is 0 Å². The number of hydrogen-bond donors (Lipinski definition) is 1. The monoisotopic (exact) mass is 185 g/mol. The van der Waals surface area contributed by atoms with E-state index in [1.165, 1.54) is 0 Å². The van der Waals surface area contributed by atoms with E-state index in [1.54, 1.807) is 4.90 Å². The minimum absolute atomic E-state index is 0.0895. The molecule has 0 aromatic rings. The van der Waals surface area contributed by atoms with Gasteiger partial charge in [-0.05, 0) is 12.8 Å². The second-order valence-electron chi connectivity index (χ2n) is 3.68. The summed E-state index contributed by atoms with van der Waals surface area (Å²) in [6.07, 6.45) is 4.31. The number of nitrogens with zero attached hydrogens (tertiary/aromatic N) is 1. The lowest BCUT2D eigenvalue weighted by atomic mass is 10.0. The maximum absolute atomic E-state index is 11.6. The Labute approximate surface area is 79.7 Å². The number of β-amino-alcohol motifs (C(OH)–C–C–N with tert-alkyl or cyclic N) is 1. The van der Waals surface area contributed by atoms with Crippen molar-refractivity contribution in [2.45, 2.75) is 32.6 Å². The molecule has 0 aliphatic carbocycles. The first kappa shape index (κ1) is 10.5. The van der Waals surface area contributed by atoms with Crippen LogP contribution in [0.2, 0.25) is 0 Å². The van der Waals surface area contributed by atoms with Gasteiger partial charge in [-0.2, -0.15) is 0 Å². The fourth-order valence-electron chi connectivity index (χ4n) is 1.86. The zero-order chi connectivity index (χ0) is 9.68. The molecule has 0 radical (unpaired) electrons. The third kappa shape index (κ3) is 2.69. The zero-order valence-electron chi connectivity index (χ0n) is 8.33. The van der Waals surface area contributed by atoms with E-state index < -0.39 is 0 Å². The summed E-state index contributed by atoms with van der Waals surface area (Å²) in [5.74, 6) is 0.494. The van der Waals surface area contributed by atoms with Crippen LogP contribution in [0.5, 0.6) is 0 Å². The Kier molecular flexibility index (Phi) is 4.22. The molecule has 76 valence electrons. The summed E-state index contributed by atoms with van der Waals surface area (Å²) in [4.78, 5) is 13.4. The summed E-state index contributed by atoms with van der Waals surface area (Å²) in [6, 6.07) is 0. The van der Waals surface area contributed by atoms with Crippen molar-refractivity contribution in [1.29, 1.82) is 0 Å². The summed E-state index contributed by atoms with van der Waals surface area (Å²) < 4.78 is 0. The fraction of sp³-hybridized carbons (Fsp3) is 0.900. The first-order valence-electron chi connectivity index (χ1n) is 5.19. The Morgan fingerprint density at radius 3 is 3.00 bits per heavy atom. The van der Waals surface area contributed by atoms with Crippen LogP contribution in [0.3, 0.4) is 0 Å². The van der Waals surface area contributed by atoms with Crippen LogP contribution in [0.1, 0.15) is 32.6 Å². The van der Waals surface area contributed by atoms with Gasteiger partial charge in [0.25, 0.3) is 0 Å². The van der Waals surface area contributed by atoms with Crippen LogP contribution in [-0.2, 0) is 4.79 Å². The minimum atomic E-state index is 0.0895. The molecule has 0 spiro atoms. The van der Waals surface area contributed by atoms with Gasteiger partial charge in [-0.3, -0.25) is 4.79 Å². The van der Waals surface area contributed by atoms with Crippen LogP contribution in [0.25, 0.3) is 0 Å². The van der Waals surface area contributed by atoms with Gasteiger partial charge in [0.1, 0.15) is 0 Å². The lowest BCUT2D eigenvalue weighted by molar-refractivity contribution is -0.131. The number of aliphatic hydroxyl groups excluding tert-OH is 1. The van der Waals surface area contributed by atoms with Gasteiger partial charge in [0.05, 0.1) is 6.61 Å². The van der Waals surface area contributed by atoms with Crippen LogP contribution >= 0.6 is 0 Å². The number of hydrogen-bond acceptors (Lipinski definition) is 2. The lowest BCUT2D eigenvalue weighted by Gasteiger charge is -2.14. The van der Waals surface area contributed by atoms with Crippen molar-refractivity contribution in [2.75, 3.05) is 19.7 Å². The Hall–Kier alpha value is -0.570. The summed E-state index contributed by atoms with van der Waals surface area (Å²) >= 11 is 0. The summed E-state index contributed by atoms with van der Waals surface area (Å²) in [5.41, 5.74) is 0. The molecule has 1 aliphatic heterocycles. The first-order valence-corrected chi connectivity index (χ1v) is 5.19. The smallest absolute Gasteiger partial charge is 0.225 e. The van der Waals surface area contributed by atoms with E-state index >= 15 is 0 Å². The molecular formula is C10H19NO2. The van der Waals surface area contributed by atoms with Crippen molar-refractivity contribution in [2.24, 2.45) is 5.92 Å². The number of amides is 1. The molecule has 3 heteroatoms. The van der Waals surface area contributed by atoms with Gasteiger partial charge in [0.15, 0.2) is 0 Å². The number of unbranched alkanes of at least 4 members (excludes halogenated alkanes) is 1. The highest BCUT2D eigenvalue weighted by atomic mass is 16.3. The average molecular weight is 185 g/mol. The van der Waals surface area contributed by atoms with E-state index in [4.69, 9.17) is 5.11 Å². The highest BCUT2D eigenvalue weighted by molar-refractivity contribution is 5.80. The molecule has 1 N–H and O–H groups in total. The SMILES string of the molecule is CCCCC1CCN(CCO)C1=O. The van der Waals surface area contributed by atoms with Crippen LogP contribution in [-0.4, -0.2) is 35.6 Å². The average Bonchev–Trinajstić information content (AvgIpc) is 2.46. The number of carbonyl (C=O) groups is 1. The maximum atomic E-state index is 11.6. The Morgan fingerprint density at radius 2 is 2.38 bits per heavy atom. The molecule has 1 aliphatic rings. The predicted octanol–water partition coefficient (Wildman–Crippen LogP) is 1.02. The molecule has 13 heavy (non-hydrogen) atoms. The standard InChI is InChI=1S/C10H19NO2/c1-2-3-4-9-5-6-11(7-8-12)10(9)13/h9,12H,2-8H2,1H3. The van der Waals surface area contributed by atoms with E-state index in [1.807, 2.05) is 0 Å². The molecule has 0 aromatic heterocycles. The molecule has 1 atom stereocenters. The topological polar surface area (TPSA) is 40.5 Å². The molecule has 1 fully saturated rings. The van der Waals surface area contributed by atoms with Gasteiger partial charge >= 0.3 is 0 Å². The van der Waals surface area contributed by atoms with Gasteiger partial charge in [-0.25, -0.2) is 0 Å². The number of likely N-dealkylation sites (tertiary alicyclic amines) is 1. The van der Waals surface area contributed by atoms with Gasteiger partial charge in [-0.1, -0.05) is 19.8 Å². The van der Waals surface area contributed by atoms with Crippen molar-refractivity contribution in [1.82, 2.24) is 4.90 Å². The maximum Gasteiger partial charge on any atom is 0.225 e. The van der Waals surface area contributed by atoms with Crippen molar-refractivity contribution >= 4 is 5.91 Å². The van der Waals surface area contributed by atoms with E-state index in [9.17, 15) is 4.79 Å². The molecule has 1 amide bonds.